The number of para-hydroxylation sites is 1. The van der Waals surface area contributed by atoms with Crippen LogP contribution >= 0.6 is 23.5 Å². The molecule has 1 fully saturated rings. The third-order valence-electron chi connectivity index (χ3n) is 5.64. The number of rotatable bonds is 5. The monoisotopic (exact) mass is 429 g/mol. The Labute approximate surface area is 180 Å². The number of fused-ring (bicyclic) bond motifs is 1. The highest BCUT2D eigenvalue weighted by molar-refractivity contribution is 8.00. The molecule has 4 rings (SSSR count). The molecule has 2 atom stereocenters. The van der Waals surface area contributed by atoms with E-state index in [1.807, 2.05) is 35.2 Å². The molecule has 0 spiro atoms. The summed E-state index contributed by atoms with van der Waals surface area (Å²) in [6.07, 6.45) is 5.17. The Morgan fingerprint density at radius 1 is 1.28 bits per heavy atom. The summed E-state index contributed by atoms with van der Waals surface area (Å²) >= 11 is 2.99. The molecule has 2 aromatic rings. The van der Waals surface area contributed by atoms with Crippen molar-refractivity contribution in [1.82, 2.24) is 14.5 Å². The zero-order valence-corrected chi connectivity index (χ0v) is 18.6. The number of hydrogen-bond donors (Lipinski definition) is 0. The van der Waals surface area contributed by atoms with Crippen LogP contribution in [0.5, 0.6) is 0 Å². The minimum atomic E-state index is -0.0186. The van der Waals surface area contributed by atoms with E-state index in [1.54, 1.807) is 16.3 Å². The molecule has 2 aliphatic rings. The first-order valence-corrected chi connectivity index (χ1v) is 12.2. The highest BCUT2D eigenvalue weighted by Crippen LogP contribution is 2.35. The minimum absolute atomic E-state index is 0.0186. The van der Waals surface area contributed by atoms with Crippen LogP contribution < -0.4 is 5.56 Å². The lowest BCUT2D eigenvalue weighted by Crippen LogP contribution is -2.44. The van der Waals surface area contributed by atoms with E-state index in [-0.39, 0.29) is 11.5 Å². The van der Waals surface area contributed by atoms with E-state index >= 15 is 0 Å². The smallest absolute Gasteiger partial charge is 0.272 e. The van der Waals surface area contributed by atoms with Gasteiger partial charge < -0.3 is 4.90 Å². The van der Waals surface area contributed by atoms with Gasteiger partial charge in [-0.1, -0.05) is 43.8 Å². The van der Waals surface area contributed by atoms with Gasteiger partial charge in [-0.2, -0.15) is 0 Å². The van der Waals surface area contributed by atoms with Crippen molar-refractivity contribution < 1.29 is 4.79 Å². The SMILES string of the molecule is CCC1CCCCN1C(=O)CSc1nc2c(c(=O)n1-c1ccccc1)SC(C)C2. The van der Waals surface area contributed by atoms with Crippen molar-refractivity contribution in [2.24, 2.45) is 0 Å². The van der Waals surface area contributed by atoms with Crippen LogP contribution in [0.1, 0.15) is 45.2 Å². The molecule has 1 saturated heterocycles. The Hall–Kier alpha value is -1.73. The molecular weight excluding hydrogens is 402 g/mol. The standard InChI is InChI=1S/C22H27N3O2S2/c1-3-16-9-7-8-12-24(16)19(26)14-28-22-23-18-13-15(2)29-20(18)21(27)25(22)17-10-5-4-6-11-17/h4-6,10-11,15-16H,3,7-9,12-14H2,1-2H3. The van der Waals surface area contributed by atoms with E-state index in [0.29, 0.717) is 22.2 Å². The third-order valence-corrected chi connectivity index (χ3v) is 7.78. The Kier molecular flexibility index (Phi) is 6.35. The summed E-state index contributed by atoms with van der Waals surface area (Å²) in [5, 5.41) is 0.975. The number of hydrogen-bond acceptors (Lipinski definition) is 5. The molecule has 2 aliphatic heterocycles. The molecule has 7 heteroatoms. The maximum Gasteiger partial charge on any atom is 0.272 e. The molecule has 3 heterocycles. The van der Waals surface area contributed by atoms with Gasteiger partial charge in [0.05, 0.1) is 22.0 Å². The van der Waals surface area contributed by atoms with Gasteiger partial charge in [0.2, 0.25) is 5.91 Å². The first kappa shape index (κ1) is 20.5. The van der Waals surface area contributed by atoms with Crippen LogP contribution in [-0.4, -0.2) is 43.9 Å². The normalized spacial score (nSPS) is 21.2. The molecule has 1 aromatic carbocycles. The van der Waals surface area contributed by atoms with Crippen molar-refractivity contribution in [2.45, 2.75) is 67.3 Å². The molecule has 0 radical (unpaired) electrons. The van der Waals surface area contributed by atoms with Crippen LogP contribution in [-0.2, 0) is 11.2 Å². The van der Waals surface area contributed by atoms with Gasteiger partial charge in [-0.3, -0.25) is 14.2 Å². The largest absolute Gasteiger partial charge is 0.339 e. The lowest BCUT2D eigenvalue weighted by molar-refractivity contribution is -0.132. The fourth-order valence-corrected chi connectivity index (χ4v) is 6.18. The molecule has 2 unspecified atom stereocenters. The molecule has 0 saturated carbocycles. The average molecular weight is 430 g/mol. The molecule has 5 nitrogen and oxygen atoms in total. The number of benzene rings is 1. The topological polar surface area (TPSA) is 55.2 Å². The number of piperidine rings is 1. The number of thioether (sulfide) groups is 2. The molecule has 1 aromatic heterocycles. The zero-order chi connectivity index (χ0) is 20.4. The lowest BCUT2D eigenvalue weighted by Gasteiger charge is -2.35. The van der Waals surface area contributed by atoms with E-state index < -0.39 is 0 Å². The van der Waals surface area contributed by atoms with Gasteiger partial charge >= 0.3 is 0 Å². The van der Waals surface area contributed by atoms with Crippen molar-refractivity contribution in [3.63, 3.8) is 0 Å². The van der Waals surface area contributed by atoms with E-state index in [1.165, 1.54) is 18.2 Å². The number of nitrogens with zero attached hydrogens (tertiary/aromatic N) is 3. The Morgan fingerprint density at radius 3 is 2.83 bits per heavy atom. The van der Waals surface area contributed by atoms with Gasteiger partial charge in [0.1, 0.15) is 0 Å². The Balaban J connectivity index is 1.63. The van der Waals surface area contributed by atoms with E-state index in [9.17, 15) is 9.59 Å². The van der Waals surface area contributed by atoms with Crippen molar-refractivity contribution in [3.8, 4) is 5.69 Å². The summed E-state index contributed by atoms with van der Waals surface area (Å²) in [7, 11) is 0. The summed E-state index contributed by atoms with van der Waals surface area (Å²) < 4.78 is 1.68. The van der Waals surface area contributed by atoms with Crippen molar-refractivity contribution in [3.05, 3.63) is 46.4 Å². The summed E-state index contributed by atoms with van der Waals surface area (Å²) in [4.78, 5) is 33.8. The number of likely N-dealkylation sites (tertiary alicyclic amines) is 1. The van der Waals surface area contributed by atoms with E-state index in [4.69, 9.17) is 4.98 Å². The molecule has 154 valence electrons. The predicted molar refractivity (Wildman–Crippen MR) is 119 cm³/mol. The van der Waals surface area contributed by atoms with Crippen LogP contribution in [0.15, 0.2) is 45.2 Å². The Bertz CT molecular complexity index is 945. The van der Waals surface area contributed by atoms with Gasteiger partial charge in [-0.15, -0.1) is 11.8 Å². The molecule has 0 bridgehead atoms. The van der Waals surface area contributed by atoms with Gasteiger partial charge in [0.25, 0.3) is 5.56 Å². The fourth-order valence-electron chi connectivity index (χ4n) is 4.16. The van der Waals surface area contributed by atoms with Crippen LogP contribution in [0.4, 0.5) is 0 Å². The minimum Gasteiger partial charge on any atom is -0.339 e. The van der Waals surface area contributed by atoms with Crippen molar-refractivity contribution >= 4 is 29.4 Å². The molecule has 0 aliphatic carbocycles. The maximum absolute atomic E-state index is 13.3. The lowest BCUT2D eigenvalue weighted by atomic mass is 10.0. The number of amides is 1. The highest BCUT2D eigenvalue weighted by Gasteiger charge is 2.28. The molecular formula is C22H27N3O2S2. The van der Waals surface area contributed by atoms with Crippen LogP contribution in [0.3, 0.4) is 0 Å². The summed E-state index contributed by atoms with van der Waals surface area (Å²) in [6, 6.07) is 9.96. The predicted octanol–water partition coefficient (Wildman–Crippen LogP) is 4.15. The number of aromatic nitrogens is 2. The summed E-state index contributed by atoms with van der Waals surface area (Å²) in [6.45, 7) is 5.11. The Morgan fingerprint density at radius 2 is 2.07 bits per heavy atom. The second-order valence-corrected chi connectivity index (χ2v) is 10.1. The summed E-state index contributed by atoms with van der Waals surface area (Å²) in [5.74, 6) is 0.468. The average Bonchev–Trinajstić information content (AvgIpc) is 3.13. The maximum atomic E-state index is 13.3. The fraction of sp³-hybridized carbons (Fsp3) is 0.500. The van der Waals surface area contributed by atoms with Gasteiger partial charge in [0.15, 0.2) is 5.16 Å². The second-order valence-electron chi connectivity index (χ2n) is 7.71. The number of carbonyl (C=O) groups is 1. The molecule has 0 N–H and O–H groups in total. The molecule has 29 heavy (non-hydrogen) atoms. The van der Waals surface area contributed by atoms with Crippen LogP contribution in [0.2, 0.25) is 0 Å². The van der Waals surface area contributed by atoms with E-state index in [2.05, 4.69) is 13.8 Å². The zero-order valence-electron chi connectivity index (χ0n) is 17.0. The third kappa shape index (κ3) is 4.26. The van der Waals surface area contributed by atoms with Crippen LogP contribution in [0.25, 0.3) is 5.69 Å². The van der Waals surface area contributed by atoms with Crippen molar-refractivity contribution in [1.29, 1.82) is 0 Å². The summed E-state index contributed by atoms with van der Waals surface area (Å²) in [5.41, 5.74) is 1.65. The first-order chi connectivity index (χ1) is 14.1. The van der Waals surface area contributed by atoms with Gasteiger partial charge in [-0.25, -0.2) is 4.98 Å². The van der Waals surface area contributed by atoms with Crippen LogP contribution in [0, 0.1) is 0 Å². The second kappa shape index (κ2) is 8.96. The van der Waals surface area contributed by atoms with Gasteiger partial charge in [-0.05, 0) is 37.8 Å². The highest BCUT2D eigenvalue weighted by atomic mass is 32.2. The van der Waals surface area contributed by atoms with Crippen molar-refractivity contribution in [2.75, 3.05) is 12.3 Å². The first-order valence-electron chi connectivity index (χ1n) is 10.4. The number of carbonyl (C=O) groups excluding carboxylic acids is 1. The molecule has 1 amide bonds. The van der Waals surface area contributed by atoms with Gasteiger partial charge in [0, 0.05) is 24.3 Å². The van der Waals surface area contributed by atoms with E-state index in [0.717, 1.165) is 48.5 Å². The quantitative estimate of drug-likeness (QED) is 0.528.